The highest BCUT2D eigenvalue weighted by atomic mass is 16.5. The van der Waals surface area contributed by atoms with Crippen LogP contribution in [0.5, 0.6) is 11.5 Å². The zero-order valence-electron chi connectivity index (χ0n) is 29.6. The van der Waals surface area contributed by atoms with E-state index >= 15 is 0 Å². The van der Waals surface area contributed by atoms with Gasteiger partial charge in [-0.3, -0.25) is 4.57 Å². The first-order chi connectivity index (χ1) is 27.2. The molecular formula is C51H31N3O. The number of hydrogen-bond acceptors (Lipinski definition) is 3. The van der Waals surface area contributed by atoms with Crippen LogP contribution >= 0.6 is 0 Å². The van der Waals surface area contributed by atoms with Crippen molar-refractivity contribution in [3.05, 3.63) is 216 Å². The predicted molar refractivity (Wildman–Crippen MR) is 219 cm³/mol. The summed E-state index contributed by atoms with van der Waals surface area (Å²) in [5.74, 6) is 2.61. The van der Waals surface area contributed by atoms with Gasteiger partial charge in [0.2, 0.25) is 0 Å². The van der Waals surface area contributed by atoms with Crippen molar-refractivity contribution in [2.24, 2.45) is 0 Å². The molecule has 9 aromatic rings. The molecule has 1 aliphatic carbocycles. The first-order valence-corrected chi connectivity index (χ1v) is 18.5. The van der Waals surface area contributed by atoms with Crippen LogP contribution in [0.15, 0.2) is 188 Å². The molecule has 1 aromatic heterocycles. The molecule has 0 saturated carbocycles. The highest BCUT2D eigenvalue weighted by Crippen LogP contribution is 2.63. The molecule has 4 heteroatoms. The summed E-state index contributed by atoms with van der Waals surface area (Å²) >= 11 is 0. The number of rotatable bonds is 4. The van der Waals surface area contributed by atoms with E-state index in [1.165, 1.54) is 11.1 Å². The molecule has 0 N–H and O–H groups in total. The SMILES string of the molecule is N#Cc1cccc(-c2cccc(-c3ccc4c(c3)-c3c(-c5nc6ccccc6n5-c5ccccc5)cccc3C43c4ccccc4Oc4ccccc43)c2)c1. The van der Waals surface area contributed by atoms with E-state index in [0.717, 1.165) is 84.1 Å². The van der Waals surface area contributed by atoms with Crippen LogP contribution < -0.4 is 4.74 Å². The first kappa shape index (κ1) is 31.1. The fourth-order valence-electron chi connectivity index (χ4n) is 9.01. The van der Waals surface area contributed by atoms with Crippen LogP contribution in [0.3, 0.4) is 0 Å². The Labute approximate surface area is 318 Å². The van der Waals surface area contributed by atoms with Crippen molar-refractivity contribution in [1.29, 1.82) is 5.26 Å². The van der Waals surface area contributed by atoms with Gasteiger partial charge in [-0.05, 0) is 105 Å². The van der Waals surface area contributed by atoms with Gasteiger partial charge in [-0.2, -0.15) is 5.26 Å². The molecule has 0 bridgehead atoms. The lowest BCUT2D eigenvalue weighted by Crippen LogP contribution is -2.32. The number of fused-ring (bicyclic) bond motifs is 10. The standard InChI is InChI=1S/C51H31N3O/c52-32-33-13-10-14-34(29-33)35-15-11-16-36(30-35)37-27-28-41-40(31-37)49-39(50-53-45-23-6-7-24-46(45)54(50)38-17-2-1-3-18-38)19-12-22-44(49)51(41)42-20-4-8-25-47(42)55-48-26-9-5-21-43(48)51/h1-31H. The number of hydrogen-bond donors (Lipinski definition) is 0. The second kappa shape index (κ2) is 12.0. The van der Waals surface area contributed by atoms with E-state index in [0.29, 0.717) is 5.56 Å². The first-order valence-electron chi connectivity index (χ1n) is 18.5. The summed E-state index contributed by atoms with van der Waals surface area (Å²) in [7, 11) is 0. The maximum absolute atomic E-state index is 9.60. The fourth-order valence-corrected chi connectivity index (χ4v) is 9.01. The lowest BCUT2D eigenvalue weighted by molar-refractivity contribution is 0.436. The molecular weight excluding hydrogens is 671 g/mol. The second-order valence-electron chi connectivity index (χ2n) is 14.2. The fraction of sp³-hybridized carbons (Fsp3) is 0.0196. The van der Waals surface area contributed by atoms with Gasteiger partial charge in [0.25, 0.3) is 0 Å². The minimum Gasteiger partial charge on any atom is -0.457 e. The van der Waals surface area contributed by atoms with Crippen LogP contribution in [-0.2, 0) is 5.41 Å². The van der Waals surface area contributed by atoms with Crippen LogP contribution in [0.1, 0.15) is 27.8 Å². The Bertz CT molecular complexity index is 3000. The van der Waals surface area contributed by atoms with Crippen molar-refractivity contribution in [3.8, 4) is 68.0 Å². The molecule has 1 aliphatic heterocycles. The summed E-state index contributed by atoms with van der Waals surface area (Å²) in [4.78, 5) is 5.39. The van der Waals surface area contributed by atoms with Gasteiger partial charge in [0, 0.05) is 22.4 Å². The van der Waals surface area contributed by atoms with Gasteiger partial charge in [0.15, 0.2) is 0 Å². The van der Waals surface area contributed by atoms with E-state index in [1.54, 1.807) is 0 Å². The molecule has 0 fully saturated rings. The Morgan fingerprint density at radius 1 is 0.491 bits per heavy atom. The summed E-state index contributed by atoms with van der Waals surface area (Å²) in [5.41, 5.74) is 15.4. The number of nitriles is 1. The van der Waals surface area contributed by atoms with E-state index in [4.69, 9.17) is 9.72 Å². The second-order valence-corrected chi connectivity index (χ2v) is 14.2. The summed E-state index contributed by atoms with van der Waals surface area (Å²) in [6, 6.07) is 68.3. The lowest BCUT2D eigenvalue weighted by Gasteiger charge is -2.39. The molecule has 0 atom stereocenters. The summed E-state index contributed by atoms with van der Waals surface area (Å²) in [6.45, 7) is 0. The maximum Gasteiger partial charge on any atom is 0.146 e. The van der Waals surface area contributed by atoms with E-state index < -0.39 is 5.41 Å². The maximum atomic E-state index is 9.60. The zero-order valence-corrected chi connectivity index (χ0v) is 29.6. The average molecular weight is 702 g/mol. The Morgan fingerprint density at radius 2 is 1.11 bits per heavy atom. The van der Waals surface area contributed by atoms with Gasteiger partial charge in [0.05, 0.1) is 28.1 Å². The van der Waals surface area contributed by atoms with Crippen LogP contribution in [0.4, 0.5) is 0 Å². The van der Waals surface area contributed by atoms with Gasteiger partial charge in [-0.25, -0.2) is 4.98 Å². The Balaban J connectivity index is 1.22. The summed E-state index contributed by atoms with van der Waals surface area (Å²) < 4.78 is 8.95. The van der Waals surface area contributed by atoms with Crippen LogP contribution in [-0.4, -0.2) is 9.55 Å². The molecule has 8 aromatic carbocycles. The van der Waals surface area contributed by atoms with Crippen molar-refractivity contribution in [3.63, 3.8) is 0 Å². The van der Waals surface area contributed by atoms with Crippen molar-refractivity contribution in [1.82, 2.24) is 9.55 Å². The molecule has 2 heterocycles. The molecule has 0 saturated heterocycles. The number of para-hydroxylation sites is 5. The molecule has 55 heavy (non-hydrogen) atoms. The molecule has 0 amide bonds. The number of nitrogens with zero attached hydrogens (tertiary/aromatic N) is 3. The number of ether oxygens (including phenoxy) is 1. The minimum absolute atomic E-state index is 0.631. The molecule has 2 aliphatic rings. The monoisotopic (exact) mass is 701 g/mol. The van der Waals surface area contributed by atoms with Crippen molar-refractivity contribution >= 4 is 11.0 Å². The van der Waals surface area contributed by atoms with E-state index in [9.17, 15) is 5.26 Å². The lowest BCUT2D eigenvalue weighted by atomic mass is 9.66. The minimum atomic E-state index is -0.631. The van der Waals surface area contributed by atoms with Gasteiger partial charge in [0.1, 0.15) is 17.3 Å². The zero-order chi connectivity index (χ0) is 36.5. The van der Waals surface area contributed by atoms with E-state index in [-0.39, 0.29) is 0 Å². The number of aromatic nitrogens is 2. The third-order valence-corrected chi connectivity index (χ3v) is 11.3. The average Bonchev–Trinajstić information content (AvgIpc) is 3.78. The smallest absolute Gasteiger partial charge is 0.146 e. The number of imidazole rings is 1. The topological polar surface area (TPSA) is 50.8 Å². The van der Waals surface area contributed by atoms with Crippen LogP contribution in [0.25, 0.3) is 61.5 Å². The highest BCUT2D eigenvalue weighted by Gasteiger charge is 2.52. The Morgan fingerprint density at radius 3 is 1.87 bits per heavy atom. The van der Waals surface area contributed by atoms with Gasteiger partial charge in [-0.1, -0.05) is 127 Å². The largest absolute Gasteiger partial charge is 0.457 e. The van der Waals surface area contributed by atoms with E-state index in [2.05, 4.69) is 180 Å². The van der Waals surface area contributed by atoms with Crippen molar-refractivity contribution < 1.29 is 4.74 Å². The predicted octanol–water partition coefficient (Wildman–Crippen LogP) is 12.4. The van der Waals surface area contributed by atoms with Crippen molar-refractivity contribution in [2.45, 2.75) is 5.41 Å². The Kier molecular flexibility index (Phi) is 6.80. The molecule has 11 rings (SSSR count). The van der Waals surface area contributed by atoms with Gasteiger partial charge >= 0.3 is 0 Å². The van der Waals surface area contributed by atoms with Gasteiger partial charge < -0.3 is 4.74 Å². The molecule has 256 valence electrons. The van der Waals surface area contributed by atoms with Crippen molar-refractivity contribution in [2.75, 3.05) is 0 Å². The normalized spacial score (nSPS) is 13.0. The Hall–Kier alpha value is -7.48. The van der Waals surface area contributed by atoms with Gasteiger partial charge in [-0.15, -0.1) is 0 Å². The van der Waals surface area contributed by atoms with Crippen LogP contribution in [0.2, 0.25) is 0 Å². The number of benzene rings is 8. The molecule has 0 radical (unpaired) electrons. The quantitative estimate of drug-likeness (QED) is 0.184. The third kappa shape index (κ3) is 4.54. The molecule has 4 nitrogen and oxygen atoms in total. The molecule has 0 unspecified atom stereocenters. The summed E-state index contributed by atoms with van der Waals surface area (Å²) in [6.07, 6.45) is 0. The highest BCUT2D eigenvalue weighted by molar-refractivity contribution is 5.98. The third-order valence-electron chi connectivity index (χ3n) is 11.3. The van der Waals surface area contributed by atoms with Crippen LogP contribution in [0, 0.1) is 11.3 Å². The molecule has 1 spiro atoms. The van der Waals surface area contributed by atoms with E-state index in [1.807, 2.05) is 18.2 Å². The summed E-state index contributed by atoms with van der Waals surface area (Å²) in [5, 5.41) is 9.60.